The van der Waals surface area contributed by atoms with Crippen molar-refractivity contribution in [1.82, 2.24) is 14.8 Å². The molecule has 0 amide bonds. The van der Waals surface area contributed by atoms with Crippen LogP contribution in [0, 0.1) is 20.8 Å². The highest BCUT2D eigenvalue weighted by Crippen LogP contribution is 2.29. The fourth-order valence-corrected chi connectivity index (χ4v) is 3.51. The first kappa shape index (κ1) is 14.9. The number of thiazole rings is 1. The second-order valence-corrected chi connectivity index (χ2v) is 6.52. The van der Waals surface area contributed by atoms with E-state index in [9.17, 15) is 0 Å². The van der Waals surface area contributed by atoms with Crippen LogP contribution in [0.15, 0.2) is 0 Å². The van der Waals surface area contributed by atoms with Gasteiger partial charge in [-0.25, -0.2) is 4.98 Å². The highest BCUT2D eigenvalue weighted by molar-refractivity contribution is 7.80. The van der Waals surface area contributed by atoms with E-state index in [0.29, 0.717) is 4.99 Å². The summed E-state index contributed by atoms with van der Waals surface area (Å²) in [5.41, 5.74) is 8.52. The van der Waals surface area contributed by atoms with Crippen LogP contribution >= 0.6 is 23.6 Å². The van der Waals surface area contributed by atoms with Gasteiger partial charge in [0.2, 0.25) is 0 Å². The van der Waals surface area contributed by atoms with E-state index in [2.05, 4.69) is 22.3 Å². The third kappa shape index (κ3) is 2.69. The molecule has 2 aromatic rings. The van der Waals surface area contributed by atoms with Gasteiger partial charge in [-0.05, 0) is 27.7 Å². The number of nitrogens with one attached hydrogen (secondary N) is 1. The maximum atomic E-state index is 5.81. The van der Waals surface area contributed by atoms with Crippen molar-refractivity contribution in [3.05, 3.63) is 26.8 Å². The van der Waals surface area contributed by atoms with E-state index in [4.69, 9.17) is 18.0 Å². The summed E-state index contributed by atoms with van der Waals surface area (Å²) in [7, 11) is 1.88. The van der Waals surface area contributed by atoms with Crippen LogP contribution in [0.4, 0.5) is 5.82 Å². The van der Waals surface area contributed by atoms with Gasteiger partial charge in [-0.2, -0.15) is 5.10 Å². The molecule has 0 bridgehead atoms. The van der Waals surface area contributed by atoms with Crippen molar-refractivity contribution in [2.45, 2.75) is 33.7 Å². The van der Waals surface area contributed by atoms with Crippen molar-refractivity contribution >= 4 is 34.4 Å². The number of aryl methyl sites for hydroxylation is 4. The van der Waals surface area contributed by atoms with E-state index in [0.717, 1.165) is 27.8 Å². The normalized spacial score (nSPS) is 12.4. The topological polar surface area (TPSA) is 68.8 Å². The quantitative estimate of drug-likeness (QED) is 0.850. The Balaban J connectivity index is 2.35. The predicted octanol–water partition coefficient (Wildman–Crippen LogP) is 2.61. The lowest BCUT2D eigenvalue weighted by atomic mass is 10.2. The van der Waals surface area contributed by atoms with E-state index in [1.165, 1.54) is 4.88 Å². The van der Waals surface area contributed by atoms with Crippen molar-refractivity contribution in [3.63, 3.8) is 0 Å². The Morgan fingerprint density at radius 2 is 2.00 bits per heavy atom. The molecule has 2 aromatic heterocycles. The highest BCUT2D eigenvalue weighted by atomic mass is 32.1. The van der Waals surface area contributed by atoms with Crippen molar-refractivity contribution in [1.29, 1.82) is 0 Å². The molecule has 0 aliphatic carbocycles. The monoisotopic (exact) mass is 309 g/mol. The Morgan fingerprint density at radius 3 is 2.50 bits per heavy atom. The zero-order valence-electron chi connectivity index (χ0n) is 12.3. The van der Waals surface area contributed by atoms with Crippen LogP contribution in [0.5, 0.6) is 0 Å². The summed E-state index contributed by atoms with van der Waals surface area (Å²) >= 11 is 6.83. The average Bonchev–Trinajstić information content (AvgIpc) is 2.79. The smallest absolute Gasteiger partial charge is 0.135 e. The Morgan fingerprint density at radius 1 is 1.35 bits per heavy atom. The van der Waals surface area contributed by atoms with Crippen molar-refractivity contribution in [2.24, 2.45) is 12.8 Å². The maximum absolute atomic E-state index is 5.81. The first-order valence-corrected chi connectivity index (χ1v) is 7.57. The summed E-state index contributed by atoms with van der Waals surface area (Å²) < 4.78 is 1.78. The fraction of sp³-hybridized carbons (Fsp3) is 0.462. The number of aromatic nitrogens is 3. The summed E-state index contributed by atoms with van der Waals surface area (Å²) in [5, 5.41) is 8.91. The number of rotatable bonds is 4. The van der Waals surface area contributed by atoms with Crippen LogP contribution in [-0.2, 0) is 7.05 Å². The molecule has 0 aliphatic rings. The van der Waals surface area contributed by atoms with Crippen LogP contribution in [0.1, 0.15) is 39.8 Å². The number of nitrogens with two attached hydrogens (primary N) is 1. The number of hydrogen-bond acceptors (Lipinski definition) is 5. The Hall–Kier alpha value is -1.47. The minimum Gasteiger partial charge on any atom is -0.389 e. The molecular formula is C13H19N5S2. The molecule has 0 saturated heterocycles. The Bertz CT molecular complexity index is 656. The van der Waals surface area contributed by atoms with Crippen molar-refractivity contribution < 1.29 is 0 Å². The van der Waals surface area contributed by atoms with Crippen LogP contribution < -0.4 is 11.1 Å². The van der Waals surface area contributed by atoms with Gasteiger partial charge in [0, 0.05) is 11.9 Å². The molecule has 7 heteroatoms. The van der Waals surface area contributed by atoms with Crippen LogP contribution in [0.2, 0.25) is 0 Å². The molecule has 3 N–H and O–H groups in total. The number of thiocarbonyl (C=S) groups is 1. The molecule has 108 valence electrons. The SMILES string of the molecule is Cc1nc(C)c(C(C)Nc2c(C(N)=S)c(C)nn2C)s1. The molecule has 0 saturated carbocycles. The van der Waals surface area contributed by atoms with Crippen LogP contribution in [0.3, 0.4) is 0 Å². The molecule has 20 heavy (non-hydrogen) atoms. The van der Waals surface area contributed by atoms with Crippen LogP contribution in [-0.4, -0.2) is 19.8 Å². The first-order chi connectivity index (χ1) is 9.31. The van der Waals surface area contributed by atoms with Gasteiger partial charge < -0.3 is 11.1 Å². The highest BCUT2D eigenvalue weighted by Gasteiger charge is 2.19. The van der Waals surface area contributed by atoms with Gasteiger partial charge in [0.1, 0.15) is 10.8 Å². The summed E-state index contributed by atoms with van der Waals surface area (Å²) in [4.78, 5) is 6.05. The lowest BCUT2D eigenvalue weighted by Gasteiger charge is -2.16. The number of anilines is 1. The molecule has 0 aromatic carbocycles. The third-order valence-corrected chi connectivity index (χ3v) is 4.61. The maximum Gasteiger partial charge on any atom is 0.135 e. The predicted molar refractivity (Wildman–Crippen MR) is 87.5 cm³/mol. The lowest BCUT2D eigenvalue weighted by Crippen LogP contribution is -2.16. The first-order valence-electron chi connectivity index (χ1n) is 6.35. The second-order valence-electron chi connectivity index (χ2n) is 4.85. The molecule has 1 unspecified atom stereocenters. The van der Waals surface area contributed by atoms with E-state index in [-0.39, 0.29) is 6.04 Å². The summed E-state index contributed by atoms with van der Waals surface area (Å²) in [6, 6.07) is 0.129. The van der Waals surface area contributed by atoms with Crippen molar-refractivity contribution in [2.75, 3.05) is 5.32 Å². The molecule has 0 radical (unpaired) electrons. The second kappa shape index (κ2) is 5.49. The van der Waals surface area contributed by atoms with Crippen molar-refractivity contribution in [3.8, 4) is 0 Å². The molecule has 5 nitrogen and oxygen atoms in total. The number of hydrogen-bond donors (Lipinski definition) is 2. The Kier molecular flexibility index (Phi) is 4.10. The molecule has 2 rings (SSSR count). The molecule has 2 heterocycles. The van der Waals surface area contributed by atoms with E-state index in [1.54, 1.807) is 16.0 Å². The van der Waals surface area contributed by atoms with Gasteiger partial charge in [0.25, 0.3) is 0 Å². The lowest BCUT2D eigenvalue weighted by molar-refractivity contribution is 0.743. The summed E-state index contributed by atoms with van der Waals surface area (Å²) in [6.07, 6.45) is 0. The molecule has 0 fully saturated rings. The number of nitrogens with zero attached hydrogens (tertiary/aromatic N) is 3. The van der Waals surface area contributed by atoms with Gasteiger partial charge in [-0.3, -0.25) is 4.68 Å². The summed E-state index contributed by atoms with van der Waals surface area (Å²) in [6.45, 7) is 8.06. The molecule has 0 aliphatic heterocycles. The minimum atomic E-state index is 0.129. The van der Waals surface area contributed by atoms with Crippen LogP contribution in [0.25, 0.3) is 0 Å². The third-order valence-electron chi connectivity index (χ3n) is 3.15. The largest absolute Gasteiger partial charge is 0.389 e. The van der Waals surface area contributed by atoms with E-state index >= 15 is 0 Å². The standard InChI is InChI=1S/C13H19N5S2/c1-6-10(12(14)19)13(18(5)17-6)16-8(3)11-7(2)15-9(4)20-11/h8,16H,1-5H3,(H2,14,19). The zero-order chi connectivity index (χ0) is 15.0. The Labute approximate surface area is 128 Å². The van der Waals surface area contributed by atoms with Gasteiger partial charge in [0.15, 0.2) is 0 Å². The minimum absolute atomic E-state index is 0.129. The molecular weight excluding hydrogens is 290 g/mol. The molecule has 1 atom stereocenters. The van der Waals surface area contributed by atoms with E-state index in [1.807, 2.05) is 27.8 Å². The van der Waals surface area contributed by atoms with Gasteiger partial charge in [0.05, 0.1) is 28.0 Å². The van der Waals surface area contributed by atoms with Gasteiger partial charge in [-0.15, -0.1) is 11.3 Å². The van der Waals surface area contributed by atoms with Gasteiger partial charge >= 0.3 is 0 Å². The fourth-order valence-electron chi connectivity index (χ4n) is 2.34. The molecule has 0 spiro atoms. The average molecular weight is 309 g/mol. The zero-order valence-corrected chi connectivity index (χ0v) is 13.9. The van der Waals surface area contributed by atoms with E-state index < -0.39 is 0 Å². The summed E-state index contributed by atoms with van der Waals surface area (Å²) in [5.74, 6) is 0.855. The van der Waals surface area contributed by atoms with Gasteiger partial charge in [-0.1, -0.05) is 12.2 Å².